The zero-order valence-corrected chi connectivity index (χ0v) is 11.5. The average Bonchev–Trinajstić information content (AvgIpc) is 2.89. The number of nitriles is 1. The van der Waals surface area contributed by atoms with Gasteiger partial charge in [0.2, 0.25) is 0 Å². The Morgan fingerprint density at radius 1 is 1.26 bits per heavy atom. The van der Waals surface area contributed by atoms with Gasteiger partial charge >= 0.3 is 0 Å². The van der Waals surface area contributed by atoms with Crippen LogP contribution in [0.15, 0.2) is 0 Å². The molecule has 3 rings (SSSR count). The first-order chi connectivity index (χ1) is 9.20. The smallest absolute Gasteiger partial charge is 0.169 e. The maximum absolute atomic E-state index is 9.38. The lowest BCUT2D eigenvalue weighted by Gasteiger charge is -2.35. The Bertz CT molecular complexity index is 533. The van der Waals surface area contributed by atoms with Crippen molar-refractivity contribution < 1.29 is 0 Å². The van der Waals surface area contributed by atoms with E-state index in [0.29, 0.717) is 11.5 Å². The number of hydrogen-bond donors (Lipinski definition) is 1. The van der Waals surface area contributed by atoms with Gasteiger partial charge in [-0.1, -0.05) is 0 Å². The largest absolute Gasteiger partial charge is 0.354 e. The summed E-state index contributed by atoms with van der Waals surface area (Å²) in [7, 11) is 0. The number of nitrogens with zero attached hydrogens (tertiary/aromatic N) is 4. The Kier molecular flexibility index (Phi) is 3.11. The molecule has 19 heavy (non-hydrogen) atoms. The minimum absolute atomic E-state index is 0.684. The first-order valence-electron chi connectivity index (χ1n) is 6.90. The molecule has 2 fully saturated rings. The minimum Gasteiger partial charge on any atom is -0.354 e. The molecule has 1 aromatic heterocycles. The van der Waals surface area contributed by atoms with Crippen molar-refractivity contribution in [2.75, 3.05) is 31.1 Å². The summed E-state index contributed by atoms with van der Waals surface area (Å²) in [4.78, 5) is 2.24. The molecular formula is C14H19N5. The molecule has 2 atom stereocenters. The number of hydrogen-bond acceptors (Lipinski definition) is 5. The zero-order valence-electron chi connectivity index (χ0n) is 11.5. The summed E-state index contributed by atoms with van der Waals surface area (Å²) in [6.45, 7) is 8.05. The van der Waals surface area contributed by atoms with Crippen molar-refractivity contribution in [3.63, 3.8) is 0 Å². The zero-order chi connectivity index (χ0) is 13.4. The molecule has 1 aromatic rings. The van der Waals surface area contributed by atoms with E-state index in [-0.39, 0.29) is 0 Å². The molecule has 0 amide bonds. The van der Waals surface area contributed by atoms with E-state index in [1.807, 2.05) is 13.8 Å². The summed E-state index contributed by atoms with van der Waals surface area (Å²) in [6, 6.07) is 2.30. The van der Waals surface area contributed by atoms with Gasteiger partial charge in [-0.05, 0) is 50.8 Å². The molecular weight excluding hydrogens is 238 g/mol. The van der Waals surface area contributed by atoms with E-state index in [9.17, 15) is 5.26 Å². The molecule has 2 aliphatic rings. The van der Waals surface area contributed by atoms with Crippen molar-refractivity contribution in [1.82, 2.24) is 15.5 Å². The molecule has 2 saturated heterocycles. The SMILES string of the molecule is Cc1nnc(N2CCC3CNCC3C2)c(C#N)c1C. The fourth-order valence-electron chi connectivity index (χ4n) is 3.18. The van der Waals surface area contributed by atoms with Gasteiger partial charge in [-0.3, -0.25) is 0 Å². The molecule has 2 unspecified atom stereocenters. The van der Waals surface area contributed by atoms with E-state index in [0.717, 1.165) is 49.2 Å². The number of aryl methyl sites for hydroxylation is 1. The van der Waals surface area contributed by atoms with Gasteiger partial charge in [-0.25, -0.2) is 0 Å². The summed E-state index contributed by atoms with van der Waals surface area (Å²) >= 11 is 0. The molecule has 5 nitrogen and oxygen atoms in total. The third kappa shape index (κ3) is 2.06. The van der Waals surface area contributed by atoms with Crippen LogP contribution in [0.1, 0.15) is 23.2 Å². The average molecular weight is 257 g/mol. The van der Waals surface area contributed by atoms with Gasteiger partial charge in [0.15, 0.2) is 5.82 Å². The summed E-state index contributed by atoms with van der Waals surface area (Å²) in [5.74, 6) is 2.25. The molecule has 100 valence electrons. The van der Waals surface area contributed by atoms with Crippen molar-refractivity contribution in [2.45, 2.75) is 20.3 Å². The molecule has 0 bridgehead atoms. The van der Waals surface area contributed by atoms with E-state index >= 15 is 0 Å². The second kappa shape index (κ2) is 4.78. The Labute approximate surface area is 113 Å². The molecule has 0 aromatic carbocycles. The molecule has 2 aliphatic heterocycles. The van der Waals surface area contributed by atoms with Crippen molar-refractivity contribution in [1.29, 1.82) is 5.26 Å². The standard InChI is InChI=1S/C14H19N5/c1-9-10(2)17-18-14(13(9)5-15)19-4-3-11-6-16-7-12(11)8-19/h11-12,16H,3-4,6-8H2,1-2H3. The van der Waals surface area contributed by atoms with Crippen molar-refractivity contribution in [3.8, 4) is 6.07 Å². The van der Waals surface area contributed by atoms with Crippen LogP contribution in [0.25, 0.3) is 0 Å². The fourth-order valence-corrected chi connectivity index (χ4v) is 3.18. The minimum atomic E-state index is 0.684. The Hall–Kier alpha value is -1.67. The van der Waals surface area contributed by atoms with E-state index in [1.165, 1.54) is 6.42 Å². The highest BCUT2D eigenvalue weighted by atomic mass is 15.3. The van der Waals surface area contributed by atoms with Crippen molar-refractivity contribution in [3.05, 3.63) is 16.8 Å². The van der Waals surface area contributed by atoms with Crippen molar-refractivity contribution >= 4 is 5.82 Å². The van der Waals surface area contributed by atoms with Crippen LogP contribution >= 0.6 is 0 Å². The number of piperidine rings is 1. The first-order valence-corrected chi connectivity index (χ1v) is 6.90. The third-order valence-corrected chi connectivity index (χ3v) is 4.55. The quantitative estimate of drug-likeness (QED) is 0.813. The summed E-state index contributed by atoms with van der Waals surface area (Å²) in [5, 5.41) is 21.3. The fraction of sp³-hybridized carbons (Fsp3) is 0.643. The molecule has 0 spiro atoms. The summed E-state index contributed by atoms with van der Waals surface area (Å²) in [5.41, 5.74) is 2.49. The highest BCUT2D eigenvalue weighted by molar-refractivity contribution is 5.57. The lowest BCUT2D eigenvalue weighted by Crippen LogP contribution is -2.41. The predicted molar refractivity (Wildman–Crippen MR) is 72.9 cm³/mol. The van der Waals surface area contributed by atoms with Crippen LogP contribution in [0.4, 0.5) is 5.82 Å². The highest BCUT2D eigenvalue weighted by Gasteiger charge is 2.34. The van der Waals surface area contributed by atoms with Crippen LogP contribution in [-0.4, -0.2) is 36.4 Å². The molecule has 3 heterocycles. The number of rotatable bonds is 1. The van der Waals surface area contributed by atoms with E-state index < -0.39 is 0 Å². The monoisotopic (exact) mass is 257 g/mol. The van der Waals surface area contributed by atoms with E-state index in [2.05, 4.69) is 26.5 Å². The van der Waals surface area contributed by atoms with Gasteiger partial charge in [0.05, 0.1) is 5.69 Å². The summed E-state index contributed by atoms with van der Waals surface area (Å²) in [6.07, 6.45) is 1.18. The topological polar surface area (TPSA) is 64.8 Å². The van der Waals surface area contributed by atoms with Gasteiger partial charge in [-0.15, -0.1) is 5.10 Å². The van der Waals surface area contributed by atoms with Gasteiger partial charge < -0.3 is 10.2 Å². The van der Waals surface area contributed by atoms with Crippen LogP contribution in [0.3, 0.4) is 0 Å². The Balaban J connectivity index is 1.91. The predicted octanol–water partition coefficient (Wildman–Crippen LogP) is 1.01. The number of anilines is 1. The van der Waals surface area contributed by atoms with Gasteiger partial charge in [0.25, 0.3) is 0 Å². The molecule has 5 heteroatoms. The van der Waals surface area contributed by atoms with Crippen LogP contribution in [-0.2, 0) is 0 Å². The molecule has 1 N–H and O–H groups in total. The normalized spacial score (nSPS) is 26.1. The lowest BCUT2D eigenvalue weighted by atomic mass is 9.88. The second-order valence-corrected chi connectivity index (χ2v) is 5.63. The first kappa shape index (κ1) is 12.4. The van der Waals surface area contributed by atoms with Crippen LogP contribution in [0.5, 0.6) is 0 Å². The Morgan fingerprint density at radius 2 is 2.05 bits per heavy atom. The maximum atomic E-state index is 9.38. The molecule has 0 aliphatic carbocycles. The van der Waals surface area contributed by atoms with Gasteiger partial charge in [-0.2, -0.15) is 10.4 Å². The molecule has 0 radical (unpaired) electrons. The van der Waals surface area contributed by atoms with E-state index in [4.69, 9.17) is 0 Å². The second-order valence-electron chi connectivity index (χ2n) is 5.63. The third-order valence-electron chi connectivity index (χ3n) is 4.55. The van der Waals surface area contributed by atoms with Crippen LogP contribution in [0.2, 0.25) is 0 Å². The molecule has 0 saturated carbocycles. The van der Waals surface area contributed by atoms with Gasteiger partial charge in [0, 0.05) is 13.1 Å². The Morgan fingerprint density at radius 3 is 2.84 bits per heavy atom. The van der Waals surface area contributed by atoms with Gasteiger partial charge in [0.1, 0.15) is 11.6 Å². The number of aromatic nitrogens is 2. The summed E-state index contributed by atoms with van der Waals surface area (Å²) < 4.78 is 0. The lowest BCUT2D eigenvalue weighted by molar-refractivity contribution is 0.347. The van der Waals surface area contributed by atoms with Crippen LogP contribution in [0, 0.1) is 37.0 Å². The highest BCUT2D eigenvalue weighted by Crippen LogP contribution is 2.31. The van der Waals surface area contributed by atoms with E-state index in [1.54, 1.807) is 0 Å². The number of nitrogens with one attached hydrogen (secondary N) is 1. The van der Waals surface area contributed by atoms with Crippen molar-refractivity contribution in [2.24, 2.45) is 11.8 Å². The van der Waals surface area contributed by atoms with Crippen LogP contribution < -0.4 is 10.2 Å². The maximum Gasteiger partial charge on any atom is 0.169 e. The number of fused-ring (bicyclic) bond motifs is 1.